The van der Waals surface area contributed by atoms with Crippen LogP contribution in [0.2, 0.25) is 5.02 Å². The first-order valence-electron chi connectivity index (χ1n) is 11.9. The molecule has 0 spiro atoms. The number of carbonyl (C=O) groups is 2. The van der Waals surface area contributed by atoms with E-state index < -0.39 is 5.25 Å². The van der Waals surface area contributed by atoms with Gasteiger partial charge in [0.1, 0.15) is 16.7 Å². The number of rotatable bonds is 7. The van der Waals surface area contributed by atoms with Gasteiger partial charge in [-0.15, -0.1) is 0 Å². The molecule has 194 valence electrons. The summed E-state index contributed by atoms with van der Waals surface area (Å²) in [6.07, 6.45) is 0.583. The number of amides is 2. The number of thioether (sulfide) groups is 1. The van der Waals surface area contributed by atoms with Crippen molar-refractivity contribution in [3.8, 4) is 11.5 Å². The average Bonchev–Trinajstić information content (AvgIpc) is 3.53. The molecule has 0 bridgehead atoms. The predicted molar refractivity (Wildman–Crippen MR) is 150 cm³/mol. The first-order valence-corrected chi connectivity index (χ1v) is 13.2. The van der Waals surface area contributed by atoms with Crippen molar-refractivity contribution in [1.29, 1.82) is 0 Å². The summed E-state index contributed by atoms with van der Waals surface area (Å²) in [7, 11) is 3.18. The minimum Gasteiger partial charge on any atom is -0.497 e. The van der Waals surface area contributed by atoms with Crippen LogP contribution in [-0.2, 0) is 9.59 Å². The number of nitrogens with one attached hydrogen (secondary N) is 1. The third kappa shape index (κ3) is 5.69. The second kappa shape index (κ2) is 11.3. The van der Waals surface area contributed by atoms with Crippen molar-refractivity contribution in [3.05, 3.63) is 88.9 Å². The van der Waals surface area contributed by atoms with Crippen molar-refractivity contribution in [3.63, 3.8) is 0 Å². The van der Waals surface area contributed by atoms with E-state index in [0.29, 0.717) is 28.0 Å². The number of ether oxygens (including phenoxy) is 2. The maximum atomic E-state index is 12.8. The molecule has 5 rings (SSSR count). The van der Waals surface area contributed by atoms with Crippen LogP contribution in [0.4, 0.5) is 5.69 Å². The van der Waals surface area contributed by atoms with E-state index in [1.807, 2.05) is 48.5 Å². The molecule has 0 saturated heterocycles. The van der Waals surface area contributed by atoms with Crippen LogP contribution in [0.15, 0.2) is 82.9 Å². The highest BCUT2D eigenvalue weighted by molar-refractivity contribution is 8.15. The first-order chi connectivity index (χ1) is 18.4. The molecule has 2 aliphatic rings. The summed E-state index contributed by atoms with van der Waals surface area (Å²) in [6, 6.07) is 22.1. The molecule has 1 N–H and O–H groups in total. The van der Waals surface area contributed by atoms with Crippen LogP contribution in [-0.4, -0.2) is 47.2 Å². The Morgan fingerprint density at radius 3 is 2.55 bits per heavy atom. The monoisotopic (exact) mass is 548 g/mol. The maximum absolute atomic E-state index is 12.8. The molecule has 38 heavy (non-hydrogen) atoms. The molecule has 3 aromatic carbocycles. The number of aliphatic imine (C=N–C) groups is 1. The number of benzene rings is 3. The first kappa shape index (κ1) is 25.8. The molecule has 0 aromatic heterocycles. The molecule has 2 aliphatic heterocycles. The lowest BCUT2D eigenvalue weighted by atomic mass is 9.98. The van der Waals surface area contributed by atoms with Crippen LogP contribution in [0, 0.1) is 0 Å². The fourth-order valence-corrected chi connectivity index (χ4v) is 5.56. The Hall–Kier alpha value is -3.82. The fraction of sp³-hybridized carbons (Fsp3) is 0.214. The van der Waals surface area contributed by atoms with Gasteiger partial charge in [0.15, 0.2) is 5.17 Å². The van der Waals surface area contributed by atoms with Gasteiger partial charge in [0.05, 0.1) is 26.0 Å². The molecule has 2 atom stereocenters. The SMILES string of the molecule is COc1ccc(C2=NN(C3=NC(=O)C(CC(=O)Nc4cccc(OC)c4)S3)C(c3cccc(Cl)c3)C2)cc1. The molecule has 0 saturated carbocycles. The van der Waals surface area contributed by atoms with E-state index in [9.17, 15) is 9.59 Å². The fourth-order valence-electron chi connectivity index (χ4n) is 4.30. The van der Waals surface area contributed by atoms with Gasteiger partial charge in [0.2, 0.25) is 5.91 Å². The normalized spacial score (nSPS) is 18.7. The minimum atomic E-state index is -0.643. The van der Waals surface area contributed by atoms with E-state index >= 15 is 0 Å². The van der Waals surface area contributed by atoms with Crippen LogP contribution >= 0.6 is 23.4 Å². The van der Waals surface area contributed by atoms with E-state index in [0.717, 1.165) is 22.6 Å². The number of nitrogens with zero attached hydrogens (tertiary/aromatic N) is 3. The standard InChI is InChI=1S/C28H25ClN4O4S/c1-36-21-11-9-17(10-12-21)23-15-24(18-5-3-6-19(29)13-18)33(32-23)28-31-27(35)25(38-28)16-26(34)30-20-7-4-8-22(14-20)37-2/h3-14,24-25H,15-16H2,1-2H3,(H,30,34). The topological polar surface area (TPSA) is 92.6 Å². The molecule has 0 fully saturated rings. The van der Waals surface area contributed by atoms with Gasteiger partial charge in [-0.2, -0.15) is 10.1 Å². The second-order valence-electron chi connectivity index (χ2n) is 8.72. The summed E-state index contributed by atoms with van der Waals surface area (Å²) in [6.45, 7) is 0. The van der Waals surface area contributed by atoms with Crippen LogP contribution in [0.3, 0.4) is 0 Å². The number of amidine groups is 1. The molecule has 3 aromatic rings. The van der Waals surface area contributed by atoms with Gasteiger partial charge < -0.3 is 14.8 Å². The van der Waals surface area contributed by atoms with Crippen LogP contribution in [0.5, 0.6) is 11.5 Å². The second-order valence-corrected chi connectivity index (χ2v) is 10.3. The third-order valence-corrected chi connectivity index (χ3v) is 7.59. The summed E-state index contributed by atoms with van der Waals surface area (Å²) in [4.78, 5) is 29.9. The van der Waals surface area contributed by atoms with Gasteiger partial charge in [-0.1, -0.05) is 41.6 Å². The van der Waals surface area contributed by atoms with Gasteiger partial charge in [-0.05, 0) is 59.7 Å². The number of halogens is 1. The van der Waals surface area contributed by atoms with E-state index in [2.05, 4.69) is 10.3 Å². The maximum Gasteiger partial charge on any atom is 0.262 e. The molecular weight excluding hydrogens is 524 g/mol. The van der Waals surface area contributed by atoms with Crippen LogP contribution in [0.25, 0.3) is 0 Å². The molecule has 2 amide bonds. The van der Waals surface area contributed by atoms with Crippen molar-refractivity contribution in [2.24, 2.45) is 10.1 Å². The Kier molecular flexibility index (Phi) is 7.67. The Morgan fingerprint density at radius 2 is 1.82 bits per heavy atom. The van der Waals surface area contributed by atoms with Gasteiger partial charge >= 0.3 is 0 Å². The highest BCUT2D eigenvalue weighted by atomic mass is 35.5. The number of anilines is 1. The largest absolute Gasteiger partial charge is 0.497 e. The number of hydrogen-bond donors (Lipinski definition) is 1. The number of hydrogen-bond acceptors (Lipinski definition) is 7. The average molecular weight is 549 g/mol. The highest BCUT2D eigenvalue weighted by Gasteiger charge is 2.39. The van der Waals surface area contributed by atoms with E-state index in [4.69, 9.17) is 26.2 Å². The number of hydrazone groups is 1. The predicted octanol–water partition coefficient (Wildman–Crippen LogP) is 5.54. The Bertz CT molecular complexity index is 1430. The van der Waals surface area contributed by atoms with Gasteiger partial charge in [0, 0.05) is 29.6 Å². The summed E-state index contributed by atoms with van der Waals surface area (Å²) < 4.78 is 10.5. The van der Waals surface area contributed by atoms with Crippen molar-refractivity contribution >= 4 is 51.7 Å². The zero-order valence-electron chi connectivity index (χ0n) is 20.8. The summed E-state index contributed by atoms with van der Waals surface area (Å²) in [5.74, 6) is 0.748. The third-order valence-electron chi connectivity index (χ3n) is 6.22. The zero-order chi connectivity index (χ0) is 26.6. The van der Waals surface area contributed by atoms with Crippen LogP contribution in [0.1, 0.15) is 30.0 Å². The van der Waals surface area contributed by atoms with E-state index in [-0.39, 0.29) is 24.3 Å². The van der Waals surface area contributed by atoms with Crippen molar-refractivity contribution in [2.75, 3.05) is 19.5 Å². The summed E-state index contributed by atoms with van der Waals surface area (Å²) >= 11 is 7.54. The van der Waals surface area contributed by atoms with Crippen molar-refractivity contribution < 1.29 is 19.1 Å². The van der Waals surface area contributed by atoms with Crippen molar-refractivity contribution in [1.82, 2.24) is 5.01 Å². The van der Waals surface area contributed by atoms with E-state index in [1.54, 1.807) is 43.5 Å². The van der Waals surface area contributed by atoms with Gasteiger partial charge in [-0.25, -0.2) is 5.01 Å². The molecule has 0 aliphatic carbocycles. The lowest BCUT2D eigenvalue weighted by Gasteiger charge is -2.23. The lowest BCUT2D eigenvalue weighted by molar-refractivity contribution is -0.121. The zero-order valence-corrected chi connectivity index (χ0v) is 22.3. The Morgan fingerprint density at radius 1 is 1.05 bits per heavy atom. The quantitative estimate of drug-likeness (QED) is 0.417. The molecule has 8 nitrogen and oxygen atoms in total. The van der Waals surface area contributed by atoms with Gasteiger partial charge in [0.25, 0.3) is 5.91 Å². The Balaban J connectivity index is 1.34. The number of carbonyl (C=O) groups excluding carboxylic acids is 2. The lowest BCUT2D eigenvalue weighted by Crippen LogP contribution is -2.25. The number of methoxy groups -OCH3 is 2. The smallest absolute Gasteiger partial charge is 0.262 e. The van der Waals surface area contributed by atoms with Crippen molar-refractivity contribution in [2.45, 2.75) is 24.1 Å². The highest BCUT2D eigenvalue weighted by Crippen LogP contribution is 2.39. The van der Waals surface area contributed by atoms with Crippen LogP contribution < -0.4 is 14.8 Å². The molecule has 2 heterocycles. The summed E-state index contributed by atoms with van der Waals surface area (Å²) in [5.41, 5.74) is 3.36. The van der Waals surface area contributed by atoms with E-state index in [1.165, 1.54) is 11.8 Å². The molecule has 2 unspecified atom stereocenters. The molecule has 0 radical (unpaired) electrons. The minimum absolute atomic E-state index is 0.0154. The molecule has 10 heteroatoms. The Labute approximate surface area is 229 Å². The van der Waals surface area contributed by atoms with Gasteiger partial charge in [-0.3, -0.25) is 9.59 Å². The summed E-state index contributed by atoms with van der Waals surface area (Å²) in [5, 5.41) is 9.90. The molecular formula is C28H25ClN4O4S.